The first-order chi connectivity index (χ1) is 12.8. The number of amides is 1. The molecule has 1 heterocycles. The molecule has 1 atom stereocenters. The number of hydrogen-bond donors (Lipinski definition) is 1. The molecular formula is C20H23N3O3S. The topological polar surface area (TPSA) is 78.8 Å². The number of carbonyl (C=O) groups excluding carboxylic acids is 1. The Hall–Kier alpha value is -2.67. The van der Waals surface area contributed by atoms with Crippen molar-refractivity contribution in [1.29, 1.82) is 0 Å². The minimum absolute atomic E-state index is 0.00574. The number of hydrazone groups is 1. The Kier molecular flexibility index (Phi) is 5.32. The summed E-state index contributed by atoms with van der Waals surface area (Å²) in [6.45, 7) is 5.11. The molecule has 3 rings (SSSR count). The van der Waals surface area contributed by atoms with Gasteiger partial charge in [0.2, 0.25) is 15.9 Å². The lowest BCUT2D eigenvalue weighted by Gasteiger charge is -2.20. The summed E-state index contributed by atoms with van der Waals surface area (Å²) in [6.07, 6.45) is 0.576. The highest BCUT2D eigenvalue weighted by Crippen LogP contribution is 2.33. The molecule has 0 saturated carbocycles. The van der Waals surface area contributed by atoms with Crippen molar-refractivity contribution in [2.75, 3.05) is 10.5 Å². The highest BCUT2D eigenvalue weighted by Gasteiger charge is 2.31. The molecule has 1 aliphatic heterocycles. The minimum atomic E-state index is -3.35. The molecule has 2 aromatic carbocycles. The van der Waals surface area contributed by atoms with Crippen molar-refractivity contribution in [1.82, 2.24) is 5.01 Å². The molecule has 0 aliphatic carbocycles. The second kappa shape index (κ2) is 7.52. The van der Waals surface area contributed by atoms with Crippen LogP contribution in [0.2, 0.25) is 0 Å². The zero-order valence-electron chi connectivity index (χ0n) is 15.6. The largest absolute Gasteiger partial charge is 0.284 e. The van der Waals surface area contributed by atoms with E-state index in [0.29, 0.717) is 12.1 Å². The molecule has 0 fully saturated rings. The number of nitrogens with zero attached hydrogens (tertiary/aromatic N) is 2. The molecule has 7 heteroatoms. The van der Waals surface area contributed by atoms with Crippen molar-refractivity contribution in [3.63, 3.8) is 0 Å². The Balaban J connectivity index is 1.90. The molecule has 0 saturated heterocycles. The summed E-state index contributed by atoms with van der Waals surface area (Å²) in [7, 11) is -3.35. The molecule has 27 heavy (non-hydrogen) atoms. The van der Waals surface area contributed by atoms with Crippen LogP contribution in [0, 0.1) is 6.92 Å². The molecule has 1 amide bonds. The maximum absolute atomic E-state index is 12.1. The first-order valence-electron chi connectivity index (χ1n) is 8.84. The molecule has 0 spiro atoms. The van der Waals surface area contributed by atoms with E-state index < -0.39 is 10.0 Å². The fourth-order valence-electron chi connectivity index (χ4n) is 3.04. The number of nitrogens with one attached hydrogen (secondary N) is 1. The third-order valence-corrected chi connectivity index (χ3v) is 5.85. The van der Waals surface area contributed by atoms with Crippen molar-refractivity contribution >= 4 is 27.3 Å². The summed E-state index contributed by atoms with van der Waals surface area (Å²) in [6, 6.07) is 15.0. The standard InChI is InChI=1S/C20H23N3O3S/c1-4-27(25,26)22-18-7-5-6-17(12-18)19-13-20(23(21-19)15(3)24)16-10-8-14(2)9-11-16/h5-12,20,22H,4,13H2,1-3H3. The lowest BCUT2D eigenvalue weighted by atomic mass is 9.97. The highest BCUT2D eigenvalue weighted by atomic mass is 32.2. The molecule has 2 aromatic rings. The Morgan fingerprint density at radius 2 is 1.93 bits per heavy atom. The smallest absolute Gasteiger partial charge is 0.240 e. The van der Waals surface area contributed by atoms with Gasteiger partial charge in [-0.2, -0.15) is 5.10 Å². The molecule has 0 aromatic heterocycles. The monoisotopic (exact) mass is 385 g/mol. The number of aryl methyl sites for hydroxylation is 1. The first kappa shape index (κ1) is 19.1. The number of rotatable bonds is 5. The molecule has 1 unspecified atom stereocenters. The number of carbonyl (C=O) groups is 1. The van der Waals surface area contributed by atoms with Crippen molar-refractivity contribution in [3.05, 3.63) is 65.2 Å². The second-order valence-electron chi connectivity index (χ2n) is 6.63. The predicted octanol–water partition coefficient (Wildman–Crippen LogP) is 3.45. The lowest BCUT2D eigenvalue weighted by Crippen LogP contribution is -2.24. The van der Waals surface area contributed by atoms with E-state index in [-0.39, 0.29) is 17.7 Å². The summed E-state index contributed by atoms with van der Waals surface area (Å²) in [4.78, 5) is 12.1. The quantitative estimate of drug-likeness (QED) is 0.856. The average molecular weight is 385 g/mol. The van der Waals surface area contributed by atoms with Crippen molar-refractivity contribution in [2.45, 2.75) is 33.2 Å². The third kappa shape index (κ3) is 4.36. The van der Waals surface area contributed by atoms with Gasteiger partial charge in [-0.3, -0.25) is 9.52 Å². The van der Waals surface area contributed by atoms with Crippen LogP contribution in [0.5, 0.6) is 0 Å². The van der Waals surface area contributed by atoms with Crippen LogP contribution >= 0.6 is 0 Å². The highest BCUT2D eigenvalue weighted by molar-refractivity contribution is 7.92. The minimum Gasteiger partial charge on any atom is -0.284 e. The normalized spacial score (nSPS) is 16.9. The van der Waals surface area contributed by atoms with Gasteiger partial charge in [-0.05, 0) is 37.1 Å². The maximum atomic E-state index is 12.1. The van der Waals surface area contributed by atoms with E-state index in [0.717, 1.165) is 22.4 Å². The van der Waals surface area contributed by atoms with Gasteiger partial charge in [0.1, 0.15) is 0 Å². The van der Waals surface area contributed by atoms with E-state index in [2.05, 4.69) is 9.82 Å². The van der Waals surface area contributed by atoms with E-state index in [1.54, 1.807) is 25.1 Å². The van der Waals surface area contributed by atoms with E-state index in [4.69, 9.17) is 0 Å². The summed E-state index contributed by atoms with van der Waals surface area (Å²) >= 11 is 0. The summed E-state index contributed by atoms with van der Waals surface area (Å²) in [5.74, 6) is -0.121. The van der Waals surface area contributed by atoms with Crippen molar-refractivity contribution in [2.24, 2.45) is 5.10 Å². The average Bonchev–Trinajstić information content (AvgIpc) is 3.08. The van der Waals surface area contributed by atoms with Crippen LogP contribution in [0.25, 0.3) is 0 Å². The van der Waals surface area contributed by atoms with Gasteiger partial charge in [0.15, 0.2) is 0 Å². The number of anilines is 1. The van der Waals surface area contributed by atoms with Gasteiger partial charge in [0.25, 0.3) is 0 Å². The van der Waals surface area contributed by atoms with Crippen LogP contribution in [0.4, 0.5) is 5.69 Å². The van der Waals surface area contributed by atoms with Gasteiger partial charge in [0.05, 0.1) is 17.5 Å². The van der Waals surface area contributed by atoms with Gasteiger partial charge in [-0.15, -0.1) is 0 Å². The van der Waals surface area contributed by atoms with Crippen LogP contribution in [-0.2, 0) is 14.8 Å². The molecular weight excluding hydrogens is 362 g/mol. The molecule has 0 radical (unpaired) electrons. The van der Waals surface area contributed by atoms with Crippen molar-refractivity contribution < 1.29 is 13.2 Å². The molecule has 0 bridgehead atoms. The van der Waals surface area contributed by atoms with Gasteiger partial charge >= 0.3 is 0 Å². The SMILES string of the molecule is CCS(=O)(=O)Nc1cccc(C2=NN(C(C)=O)C(c3ccc(C)cc3)C2)c1. The fourth-order valence-corrected chi connectivity index (χ4v) is 3.67. The number of hydrogen-bond acceptors (Lipinski definition) is 4. The van der Waals surface area contributed by atoms with E-state index in [1.807, 2.05) is 37.3 Å². The zero-order chi connectivity index (χ0) is 19.6. The van der Waals surface area contributed by atoms with Crippen LogP contribution in [0.3, 0.4) is 0 Å². The van der Waals surface area contributed by atoms with Gasteiger partial charge < -0.3 is 0 Å². The van der Waals surface area contributed by atoms with Gasteiger partial charge in [-0.1, -0.05) is 42.0 Å². The maximum Gasteiger partial charge on any atom is 0.240 e. The molecule has 1 aliphatic rings. The third-order valence-electron chi connectivity index (χ3n) is 4.54. The predicted molar refractivity (Wildman–Crippen MR) is 107 cm³/mol. The van der Waals surface area contributed by atoms with Gasteiger partial charge in [-0.25, -0.2) is 13.4 Å². The lowest BCUT2D eigenvalue weighted by molar-refractivity contribution is -0.130. The van der Waals surface area contributed by atoms with Gasteiger partial charge in [0, 0.05) is 19.0 Å². The number of sulfonamides is 1. The summed E-state index contributed by atoms with van der Waals surface area (Å²) in [5.41, 5.74) is 4.23. The van der Waals surface area contributed by atoms with Crippen LogP contribution in [0.1, 0.15) is 43.0 Å². The van der Waals surface area contributed by atoms with Crippen LogP contribution < -0.4 is 4.72 Å². The Bertz CT molecular complexity index is 982. The molecule has 1 N–H and O–H groups in total. The van der Waals surface area contributed by atoms with Crippen LogP contribution in [0.15, 0.2) is 53.6 Å². The van der Waals surface area contributed by atoms with E-state index in [9.17, 15) is 13.2 Å². The second-order valence-corrected chi connectivity index (χ2v) is 8.64. The summed E-state index contributed by atoms with van der Waals surface area (Å²) in [5, 5.41) is 6.02. The Morgan fingerprint density at radius 1 is 1.22 bits per heavy atom. The fraction of sp³-hybridized carbons (Fsp3) is 0.300. The van der Waals surface area contributed by atoms with E-state index >= 15 is 0 Å². The Labute approximate surface area is 159 Å². The Morgan fingerprint density at radius 3 is 2.56 bits per heavy atom. The van der Waals surface area contributed by atoms with Crippen LogP contribution in [-0.4, -0.2) is 30.8 Å². The zero-order valence-corrected chi connectivity index (χ0v) is 16.5. The molecule has 142 valence electrons. The van der Waals surface area contributed by atoms with E-state index in [1.165, 1.54) is 11.9 Å². The summed E-state index contributed by atoms with van der Waals surface area (Å²) < 4.78 is 26.2. The first-order valence-corrected chi connectivity index (χ1v) is 10.5. The van der Waals surface area contributed by atoms with Crippen molar-refractivity contribution in [3.8, 4) is 0 Å². The number of benzene rings is 2. The molecule has 6 nitrogen and oxygen atoms in total.